The maximum Gasteiger partial charge on any atom is 0.0462 e. The summed E-state index contributed by atoms with van der Waals surface area (Å²) in [5.74, 6) is 1.15. The van der Waals surface area contributed by atoms with Gasteiger partial charge in [0.1, 0.15) is 0 Å². The Bertz CT molecular complexity index is 304. The molecule has 0 spiro atoms. The van der Waals surface area contributed by atoms with Crippen LogP contribution < -0.4 is 0 Å². The number of rotatable bonds is 6. The lowest BCUT2D eigenvalue weighted by molar-refractivity contribution is 0.211. The number of aliphatic hydroxyl groups is 1. The van der Waals surface area contributed by atoms with Crippen molar-refractivity contribution in [3.05, 3.63) is 35.4 Å². The van der Waals surface area contributed by atoms with Gasteiger partial charge in [0.05, 0.1) is 0 Å². The fraction of sp³-hybridized carbons (Fsp3) is 0.600. The average Bonchev–Trinajstić information content (AvgIpc) is 2.26. The molecule has 0 saturated heterocycles. The van der Waals surface area contributed by atoms with Gasteiger partial charge in [0.2, 0.25) is 0 Å². The average molecular weight is 220 g/mol. The second kappa shape index (κ2) is 6.70. The van der Waals surface area contributed by atoms with E-state index in [1.165, 1.54) is 17.5 Å². The van der Waals surface area contributed by atoms with E-state index in [2.05, 4.69) is 45.0 Å². The Morgan fingerprint density at radius 1 is 1.12 bits per heavy atom. The van der Waals surface area contributed by atoms with Crippen LogP contribution in [0.15, 0.2) is 24.3 Å². The van der Waals surface area contributed by atoms with E-state index in [9.17, 15) is 5.11 Å². The third-order valence-corrected chi connectivity index (χ3v) is 3.18. The molecule has 1 unspecified atom stereocenters. The molecule has 1 heteroatoms. The van der Waals surface area contributed by atoms with Gasteiger partial charge in [-0.1, -0.05) is 44.5 Å². The van der Waals surface area contributed by atoms with Crippen LogP contribution in [0.4, 0.5) is 0 Å². The molecule has 0 bridgehead atoms. The zero-order valence-corrected chi connectivity index (χ0v) is 10.7. The van der Waals surface area contributed by atoms with E-state index in [4.69, 9.17) is 0 Å². The van der Waals surface area contributed by atoms with Crippen LogP contribution in [0.25, 0.3) is 0 Å². The first-order valence-corrected chi connectivity index (χ1v) is 6.28. The summed E-state index contributed by atoms with van der Waals surface area (Å²) in [7, 11) is 0. The summed E-state index contributed by atoms with van der Waals surface area (Å²) in [6, 6.07) is 8.47. The molecule has 1 nitrogen and oxygen atoms in total. The standard InChI is InChI=1S/C15H24O/c1-12(2)8-9-14(11-16)10-15-7-5-4-6-13(15)3/h4-7,12,14,16H,8-11H2,1-3H3. The van der Waals surface area contributed by atoms with Crippen molar-refractivity contribution in [1.82, 2.24) is 0 Å². The van der Waals surface area contributed by atoms with Gasteiger partial charge >= 0.3 is 0 Å². The molecule has 0 amide bonds. The minimum atomic E-state index is 0.307. The van der Waals surface area contributed by atoms with Crippen LogP contribution in [0.3, 0.4) is 0 Å². The monoisotopic (exact) mass is 220 g/mol. The van der Waals surface area contributed by atoms with Gasteiger partial charge in [-0.05, 0) is 42.7 Å². The van der Waals surface area contributed by atoms with E-state index < -0.39 is 0 Å². The Labute approximate surface area is 99.5 Å². The molecule has 1 aromatic rings. The Balaban J connectivity index is 2.53. The topological polar surface area (TPSA) is 20.2 Å². The normalized spacial score (nSPS) is 13.1. The number of aliphatic hydroxyl groups excluding tert-OH is 1. The maximum absolute atomic E-state index is 9.39. The zero-order chi connectivity index (χ0) is 12.0. The minimum absolute atomic E-state index is 0.307. The Morgan fingerprint density at radius 2 is 1.81 bits per heavy atom. The molecule has 0 heterocycles. The minimum Gasteiger partial charge on any atom is -0.396 e. The molecule has 1 N–H and O–H groups in total. The number of aryl methyl sites for hydroxylation is 1. The number of hydrogen-bond donors (Lipinski definition) is 1. The summed E-state index contributed by atoms with van der Waals surface area (Å²) in [6.07, 6.45) is 3.34. The summed E-state index contributed by atoms with van der Waals surface area (Å²) >= 11 is 0. The van der Waals surface area contributed by atoms with Crippen molar-refractivity contribution in [1.29, 1.82) is 0 Å². The van der Waals surface area contributed by atoms with Crippen LogP contribution in [-0.2, 0) is 6.42 Å². The smallest absolute Gasteiger partial charge is 0.0462 e. The number of benzene rings is 1. The van der Waals surface area contributed by atoms with Crippen LogP contribution in [0.2, 0.25) is 0 Å². The molecule has 0 radical (unpaired) electrons. The van der Waals surface area contributed by atoms with Crippen LogP contribution in [0.5, 0.6) is 0 Å². The van der Waals surface area contributed by atoms with Crippen molar-refractivity contribution in [3.63, 3.8) is 0 Å². The first-order chi connectivity index (χ1) is 7.63. The molecule has 16 heavy (non-hydrogen) atoms. The van der Waals surface area contributed by atoms with E-state index in [0.29, 0.717) is 12.5 Å². The van der Waals surface area contributed by atoms with E-state index in [0.717, 1.165) is 18.8 Å². The van der Waals surface area contributed by atoms with Crippen molar-refractivity contribution >= 4 is 0 Å². The predicted octanol–water partition coefficient (Wildman–Crippen LogP) is 3.58. The lowest BCUT2D eigenvalue weighted by Crippen LogP contribution is -2.11. The third kappa shape index (κ3) is 4.36. The highest BCUT2D eigenvalue weighted by Gasteiger charge is 2.10. The number of hydrogen-bond acceptors (Lipinski definition) is 1. The van der Waals surface area contributed by atoms with Gasteiger partial charge in [-0.3, -0.25) is 0 Å². The second-order valence-corrected chi connectivity index (χ2v) is 5.15. The SMILES string of the molecule is Cc1ccccc1CC(CO)CCC(C)C. The third-order valence-electron chi connectivity index (χ3n) is 3.18. The maximum atomic E-state index is 9.39. The van der Waals surface area contributed by atoms with Crippen LogP contribution in [-0.4, -0.2) is 11.7 Å². The molecule has 90 valence electrons. The van der Waals surface area contributed by atoms with E-state index in [-0.39, 0.29) is 0 Å². The van der Waals surface area contributed by atoms with Crippen LogP contribution in [0, 0.1) is 18.8 Å². The summed E-state index contributed by atoms with van der Waals surface area (Å²) in [5.41, 5.74) is 2.72. The summed E-state index contributed by atoms with van der Waals surface area (Å²) in [4.78, 5) is 0. The van der Waals surface area contributed by atoms with E-state index in [1.54, 1.807) is 0 Å². The van der Waals surface area contributed by atoms with Crippen molar-refractivity contribution in [2.75, 3.05) is 6.61 Å². The van der Waals surface area contributed by atoms with Crippen molar-refractivity contribution in [3.8, 4) is 0 Å². The predicted molar refractivity (Wildman–Crippen MR) is 69.5 cm³/mol. The molecule has 1 aromatic carbocycles. The van der Waals surface area contributed by atoms with E-state index >= 15 is 0 Å². The molecule has 0 saturated carbocycles. The summed E-state index contributed by atoms with van der Waals surface area (Å²) in [6.45, 7) is 6.93. The molecular formula is C15H24O. The second-order valence-electron chi connectivity index (χ2n) is 5.15. The van der Waals surface area contributed by atoms with Gasteiger partial charge in [-0.25, -0.2) is 0 Å². The molecule has 0 aliphatic rings. The summed E-state index contributed by atoms with van der Waals surface area (Å²) in [5, 5.41) is 9.39. The first kappa shape index (κ1) is 13.2. The molecule has 1 rings (SSSR count). The molecule has 1 atom stereocenters. The van der Waals surface area contributed by atoms with Gasteiger partial charge in [0.25, 0.3) is 0 Å². The largest absolute Gasteiger partial charge is 0.396 e. The summed E-state index contributed by atoms with van der Waals surface area (Å²) < 4.78 is 0. The highest BCUT2D eigenvalue weighted by atomic mass is 16.3. The molecule has 0 aliphatic carbocycles. The van der Waals surface area contributed by atoms with Gasteiger partial charge in [0.15, 0.2) is 0 Å². The highest BCUT2D eigenvalue weighted by molar-refractivity contribution is 5.25. The van der Waals surface area contributed by atoms with Crippen molar-refractivity contribution < 1.29 is 5.11 Å². The molecule has 0 aromatic heterocycles. The molecular weight excluding hydrogens is 196 g/mol. The quantitative estimate of drug-likeness (QED) is 0.777. The Hall–Kier alpha value is -0.820. The van der Waals surface area contributed by atoms with Gasteiger partial charge in [0, 0.05) is 6.61 Å². The highest BCUT2D eigenvalue weighted by Crippen LogP contribution is 2.18. The van der Waals surface area contributed by atoms with Crippen molar-refractivity contribution in [2.24, 2.45) is 11.8 Å². The van der Waals surface area contributed by atoms with Crippen LogP contribution >= 0.6 is 0 Å². The fourth-order valence-electron chi connectivity index (χ4n) is 1.98. The lowest BCUT2D eigenvalue weighted by atomic mass is 9.91. The van der Waals surface area contributed by atoms with Gasteiger partial charge in [-0.15, -0.1) is 0 Å². The first-order valence-electron chi connectivity index (χ1n) is 6.28. The Morgan fingerprint density at radius 3 is 2.38 bits per heavy atom. The van der Waals surface area contributed by atoms with Crippen LogP contribution in [0.1, 0.15) is 37.8 Å². The Kier molecular flexibility index (Phi) is 5.54. The molecule has 0 fully saturated rings. The van der Waals surface area contributed by atoms with Gasteiger partial charge < -0.3 is 5.11 Å². The zero-order valence-electron chi connectivity index (χ0n) is 10.7. The molecule has 0 aliphatic heterocycles. The van der Waals surface area contributed by atoms with E-state index in [1.807, 2.05) is 0 Å². The fourth-order valence-corrected chi connectivity index (χ4v) is 1.98. The lowest BCUT2D eigenvalue weighted by Gasteiger charge is -2.16. The van der Waals surface area contributed by atoms with Crippen molar-refractivity contribution in [2.45, 2.75) is 40.0 Å². The van der Waals surface area contributed by atoms with Gasteiger partial charge in [-0.2, -0.15) is 0 Å².